The summed E-state index contributed by atoms with van der Waals surface area (Å²) in [4.78, 5) is 12.4. The third-order valence-electron chi connectivity index (χ3n) is 8.57. The second-order valence-electron chi connectivity index (χ2n) is 12.9. The molecular weight excluding hydrogens is 542 g/mol. The van der Waals surface area contributed by atoms with Gasteiger partial charge < -0.3 is 4.74 Å². The van der Waals surface area contributed by atoms with E-state index in [2.05, 4.69) is 43.3 Å². The van der Waals surface area contributed by atoms with Crippen LogP contribution in [-0.2, 0) is 9.53 Å². The molecule has 0 aliphatic heterocycles. The van der Waals surface area contributed by atoms with E-state index in [0.717, 1.165) is 25.7 Å². The van der Waals surface area contributed by atoms with Crippen molar-refractivity contribution in [1.82, 2.24) is 0 Å². The number of esters is 1. The zero-order valence-electron chi connectivity index (χ0n) is 29.4. The van der Waals surface area contributed by atoms with Gasteiger partial charge in [-0.3, -0.25) is 10.2 Å². The highest BCUT2D eigenvalue weighted by Crippen LogP contribution is 2.18. The number of hydrogen-bond donors (Lipinski definition) is 2. The van der Waals surface area contributed by atoms with Gasteiger partial charge in [0.15, 0.2) is 0 Å². The predicted molar refractivity (Wildman–Crippen MR) is 191 cm³/mol. The van der Waals surface area contributed by atoms with Crippen molar-refractivity contribution in [2.45, 2.75) is 213 Å². The van der Waals surface area contributed by atoms with Crippen molar-refractivity contribution >= 4 is 11.8 Å². The molecule has 0 aromatic heterocycles. The summed E-state index contributed by atoms with van der Waals surface area (Å²) in [6.45, 7) is 4.54. The Morgan fingerprint density at radius 3 is 1.25 bits per heavy atom. The molecule has 0 aliphatic rings. The lowest BCUT2D eigenvalue weighted by Crippen LogP contribution is -2.19. The van der Waals surface area contributed by atoms with Gasteiger partial charge in [0.05, 0.1) is 6.42 Å². The molecular formula is C39H73N3O2. The third-order valence-corrected chi connectivity index (χ3v) is 8.57. The third kappa shape index (κ3) is 33.1. The molecule has 0 fully saturated rings. The van der Waals surface area contributed by atoms with Crippen molar-refractivity contribution in [1.29, 1.82) is 10.9 Å². The van der Waals surface area contributed by atoms with Gasteiger partial charge in [0, 0.05) is 6.42 Å². The average Bonchev–Trinajstić information content (AvgIpc) is 3.03. The standard InChI is InChI=1S/C39H73N3O2/c1-3-5-7-9-11-13-15-17-19-21-23-25-27-29-31-33-37(44-39(43)36-35-38(40)42-41)34-32-30-28-26-24-22-20-18-16-14-12-10-8-6-4-2/h17-20,37,40-41H,3-16,21-36H2,1-2H3/b19-17-,20-18-,40-38?,42-41?. The van der Waals surface area contributed by atoms with Crippen molar-refractivity contribution < 1.29 is 9.53 Å². The molecule has 0 atom stereocenters. The van der Waals surface area contributed by atoms with Crippen LogP contribution in [0, 0.1) is 10.9 Å². The minimum absolute atomic E-state index is 0.0144. The fourth-order valence-electron chi connectivity index (χ4n) is 5.67. The number of allylic oxidation sites excluding steroid dienone is 4. The molecule has 5 heteroatoms. The highest BCUT2D eigenvalue weighted by molar-refractivity contribution is 5.83. The van der Waals surface area contributed by atoms with Gasteiger partial charge in [0.25, 0.3) is 0 Å². The summed E-state index contributed by atoms with van der Waals surface area (Å²) in [7, 11) is 0. The Balaban J connectivity index is 4.01. The monoisotopic (exact) mass is 616 g/mol. The maximum Gasteiger partial charge on any atom is 0.306 e. The number of carbonyl (C=O) groups excluding carboxylic acids is 1. The van der Waals surface area contributed by atoms with E-state index in [9.17, 15) is 4.79 Å². The quantitative estimate of drug-likeness (QED) is 0.0188. The Labute approximate surface area is 273 Å². The number of amidine groups is 1. The van der Waals surface area contributed by atoms with Crippen LogP contribution in [0.15, 0.2) is 29.4 Å². The maximum absolute atomic E-state index is 12.4. The topological polar surface area (TPSA) is 86.4 Å². The summed E-state index contributed by atoms with van der Waals surface area (Å²) in [5, 5.41) is 10.6. The van der Waals surface area contributed by atoms with Crippen molar-refractivity contribution in [3.8, 4) is 0 Å². The number of rotatable bonds is 34. The van der Waals surface area contributed by atoms with Gasteiger partial charge in [-0.1, -0.05) is 141 Å². The predicted octanol–water partition coefficient (Wildman–Crippen LogP) is 13.8. The minimum atomic E-state index is -0.246. The largest absolute Gasteiger partial charge is 0.462 e. The van der Waals surface area contributed by atoms with E-state index >= 15 is 0 Å². The van der Waals surface area contributed by atoms with Gasteiger partial charge in [-0.25, -0.2) is 5.53 Å². The molecule has 0 spiro atoms. The van der Waals surface area contributed by atoms with Gasteiger partial charge in [-0.2, -0.15) is 0 Å². The van der Waals surface area contributed by atoms with Crippen LogP contribution in [0.5, 0.6) is 0 Å². The van der Waals surface area contributed by atoms with Crippen LogP contribution in [0.3, 0.4) is 0 Å². The molecule has 5 nitrogen and oxygen atoms in total. The zero-order chi connectivity index (χ0) is 32.2. The Morgan fingerprint density at radius 1 is 0.545 bits per heavy atom. The first-order chi connectivity index (χ1) is 21.6. The molecule has 256 valence electrons. The maximum atomic E-state index is 12.4. The van der Waals surface area contributed by atoms with Crippen LogP contribution in [0.25, 0.3) is 0 Å². The van der Waals surface area contributed by atoms with Crippen molar-refractivity contribution in [3.63, 3.8) is 0 Å². The second kappa shape index (κ2) is 35.7. The highest BCUT2D eigenvalue weighted by atomic mass is 16.5. The van der Waals surface area contributed by atoms with Crippen molar-refractivity contribution in [3.05, 3.63) is 24.3 Å². The molecule has 0 heterocycles. The van der Waals surface area contributed by atoms with E-state index in [1.165, 1.54) is 154 Å². The molecule has 0 radical (unpaired) electrons. The van der Waals surface area contributed by atoms with Gasteiger partial charge in [-0.15, -0.1) is 5.11 Å². The van der Waals surface area contributed by atoms with Crippen molar-refractivity contribution in [2.24, 2.45) is 5.11 Å². The van der Waals surface area contributed by atoms with E-state index in [1.54, 1.807) is 0 Å². The molecule has 44 heavy (non-hydrogen) atoms. The lowest BCUT2D eigenvalue weighted by molar-refractivity contribution is -0.149. The Bertz CT molecular complexity index is 663. The Kier molecular flexibility index (Phi) is 34.3. The molecule has 0 unspecified atom stereocenters. The van der Waals surface area contributed by atoms with Crippen LogP contribution >= 0.6 is 0 Å². The van der Waals surface area contributed by atoms with Crippen LogP contribution < -0.4 is 0 Å². The first-order valence-electron chi connectivity index (χ1n) is 19.1. The lowest BCUT2D eigenvalue weighted by Gasteiger charge is -2.18. The molecule has 0 aromatic carbocycles. The fraction of sp³-hybridized carbons (Fsp3) is 0.846. The first kappa shape index (κ1) is 42.2. The normalized spacial score (nSPS) is 11.7. The number of nitrogens with zero attached hydrogens (tertiary/aromatic N) is 1. The Hall–Kier alpha value is -1.78. The molecule has 0 aromatic rings. The van der Waals surface area contributed by atoms with E-state index < -0.39 is 0 Å². The zero-order valence-corrected chi connectivity index (χ0v) is 29.4. The molecule has 0 rings (SSSR count). The SMILES string of the molecule is CCCCCCCC/C=C\CCCCCCCC(CCCCCCC/C=C\CCCCCCCC)OC(=O)CCC(=N)N=N. The molecule has 0 saturated heterocycles. The summed E-state index contributed by atoms with van der Waals surface area (Å²) in [5.41, 5.74) is 6.91. The van der Waals surface area contributed by atoms with E-state index in [4.69, 9.17) is 15.7 Å². The van der Waals surface area contributed by atoms with Gasteiger partial charge in [0.1, 0.15) is 11.9 Å². The van der Waals surface area contributed by atoms with Gasteiger partial charge >= 0.3 is 5.97 Å². The number of unbranched alkanes of at least 4 members (excludes halogenated alkanes) is 22. The summed E-state index contributed by atoms with van der Waals surface area (Å²) >= 11 is 0. The molecule has 0 aliphatic carbocycles. The molecule has 0 bridgehead atoms. The molecule has 0 saturated carbocycles. The first-order valence-corrected chi connectivity index (χ1v) is 19.1. The van der Waals surface area contributed by atoms with Crippen LogP contribution in [0.1, 0.15) is 206 Å². The average molecular weight is 616 g/mol. The van der Waals surface area contributed by atoms with E-state index in [0.29, 0.717) is 0 Å². The Morgan fingerprint density at radius 2 is 0.886 bits per heavy atom. The highest BCUT2D eigenvalue weighted by Gasteiger charge is 2.15. The molecule has 0 amide bonds. The van der Waals surface area contributed by atoms with Crippen LogP contribution in [-0.4, -0.2) is 17.9 Å². The smallest absolute Gasteiger partial charge is 0.306 e. The number of ether oxygens (including phenoxy) is 1. The van der Waals surface area contributed by atoms with Gasteiger partial charge in [-0.05, 0) is 77.0 Å². The number of carbonyl (C=O) groups is 1. The second-order valence-corrected chi connectivity index (χ2v) is 12.9. The van der Waals surface area contributed by atoms with Crippen molar-refractivity contribution in [2.75, 3.05) is 0 Å². The molecule has 2 N–H and O–H groups in total. The summed E-state index contributed by atoms with van der Waals surface area (Å²) < 4.78 is 5.83. The summed E-state index contributed by atoms with van der Waals surface area (Å²) in [5.74, 6) is -0.308. The van der Waals surface area contributed by atoms with E-state index in [-0.39, 0.29) is 30.8 Å². The fourth-order valence-corrected chi connectivity index (χ4v) is 5.67. The van der Waals surface area contributed by atoms with Crippen LogP contribution in [0.2, 0.25) is 0 Å². The van der Waals surface area contributed by atoms with Gasteiger partial charge in [0.2, 0.25) is 0 Å². The minimum Gasteiger partial charge on any atom is -0.462 e. The summed E-state index contributed by atoms with van der Waals surface area (Å²) in [6, 6.07) is 0. The van der Waals surface area contributed by atoms with Crippen LogP contribution in [0.4, 0.5) is 0 Å². The van der Waals surface area contributed by atoms with E-state index in [1.807, 2.05) is 0 Å². The number of hydrogen-bond acceptors (Lipinski definition) is 4. The summed E-state index contributed by atoms with van der Waals surface area (Å²) in [6.07, 6.45) is 45.2. The number of nitrogens with one attached hydrogen (secondary N) is 2. The lowest BCUT2D eigenvalue weighted by atomic mass is 10.0.